The fraction of sp³-hybridized carbons (Fsp3) is 0.0882. The summed E-state index contributed by atoms with van der Waals surface area (Å²) in [5, 5.41) is 2.67. The molecule has 72 heavy (non-hydrogen) atoms. The van der Waals surface area contributed by atoms with Crippen LogP contribution in [0.25, 0.3) is 66.9 Å². The summed E-state index contributed by atoms with van der Waals surface area (Å²) < 4.78 is 13.4. The zero-order chi connectivity index (χ0) is 47.3. The Balaban J connectivity index is 0.990. The van der Waals surface area contributed by atoms with Gasteiger partial charge in [-0.1, -0.05) is 183 Å². The quantitative estimate of drug-likeness (QED) is 0.176. The second-order valence-corrected chi connectivity index (χ2v) is 20.1. The van der Waals surface area contributed by atoms with E-state index in [0.717, 1.165) is 91.7 Å². The van der Waals surface area contributed by atoms with Gasteiger partial charge in [-0.05, 0) is 128 Å². The van der Waals surface area contributed by atoms with Crippen molar-refractivity contribution in [1.29, 1.82) is 0 Å². The third-order valence-corrected chi connectivity index (χ3v) is 16.8. The van der Waals surface area contributed by atoms with E-state index in [9.17, 15) is 0 Å². The molecule has 2 aliphatic heterocycles. The Hall–Kier alpha value is -8.86. The standard InChI is InChI=1S/C68H44N2O2/c1-2-40-36-43-38-42(37-41-18-15-21-44(40)63(41)43)57-39-58(47-22-16-30-55-64(47)45-19-3-5-24-49(45)67(55)51-26-7-11-32-59(51)71-60-33-12-8-27-52(60)67)70-66(69-57)48-23-17-31-56-65(48)46-20-4-6-25-50(46)68(56)53-28-9-13-34-61(53)72-62-35-14-10-29-54(62)68/h3-35,37-40H,2,36H2,1H3. The average Bonchev–Trinajstić information content (AvgIpc) is 4.06. The molecule has 10 aromatic carbocycles. The van der Waals surface area contributed by atoms with Crippen LogP contribution in [0.4, 0.5) is 0 Å². The van der Waals surface area contributed by atoms with Crippen molar-refractivity contribution in [2.75, 3.05) is 0 Å². The average molecular weight is 921 g/mol. The van der Waals surface area contributed by atoms with E-state index in [-0.39, 0.29) is 0 Å². The molecular weight excluding hydrogens is 877 g/mol. The van der Waals surface area contributed by atoms with Crippen LogP contribution in [0.2, 0.25) is 0 Å². The highest BCUT2D eigenvalue weighted by molar-refractivity contribution is 6.00. The molecule has 0 bridgehead atoms. The van der Waals surface area contributed by atoms with Crippen molar-refractivity contribution in [3.63, 3.8) is 0 Å². The molecule has 1 aromatic heterocycles. The second-order valence-electron chi connectivity index (χ2n) is 20.1. The zero-order valence-corrected chi connectivity index (χ0v) is 39.5. The summed E-state index contributed by atoms with van der Waals surface area (Å²) in [5.74, 6) is 4.69. The minimum absolute atomic E-state index is 0.509. The number of hydrogen-bond donors (Lipinski definition) is 0. The van der Waals surface area contributed by atoms with Gasteiger partial charge in [0.1, 0.15) is 23.0 Å². The summed E-state index contributed by atoms with van der Waals surface area (Å²) in [6.07, 6.45) is 2.14. The number of ether oxygens (including phenoxy) is 2. The van der Waals surface area contributed by atoms with Gasteiger partial charge in [0.25, 0.3) is 0 Å². The van der Waals surface area contributed by atoms with Crippen LogP contribution >= 0.6 is 0 Å². The van der Waals surface area contributed by atoms with Crippen molar-refractivity contribution in [1.82, 2.24) is 9.97 Å². The van der Waals surface area contributed by atoms with Crippen molar-refractivity contribution >= 4 is 10.8 Å². The largest absolute Gasteiger partial charge is 0.457 e. The number of rotatable bonds is 4. The van der Waals surface area contributed by atoms with E-state index in [1.165, 1.54) is 60.8 Å². The molecule has 1 atom stereocenters. The summed E-state index contributed by atoms with van der Waals surface area (Å²) in [4.78, 5) is 11.6. The molecule has 16 rings (SSSR count). The summed E-state index contributed by atoms with van der Waals surface area (Å²) in [6, 6.07) is 79.7. The number of aromatic nitrogens is 2. The van der Waals surface area contributed by atoms with Crippen molar-refractivity contribution in [2.45, 2.75) is 36.5 Å². The fourth-order valence-corrected chi connectivity index (χ4v) is 14.0. The fourth-order valence-electron chi connectivity index (χ4n) is 14.0. The van der Waals surface area contributed by atoms with Crippen LogP contribution in [-0.2, 0) is 17.3 Å². The van der Waals surface area contributed by atoms with Crippen LogP contribution in [0.3, 0.4) is 0 Å². The number of hydrogen-bond acceptors (Lipinski definition) is 4. The number of benzene rings is 10. The summed E-state index contributed by atoms with van der Waals surface area (Å²) in [7, 11) is 0. The summed E-state index contributed by atoms with van der Waals surface area (Å²) in [6.45, 7) is 2.31. The Morgan fingerprint density at radius 2 is 0.861 bits per heavy atom. The third-order valence-electron chi connectivity index (χ3n) is 16.8. The van der Waals surface area contributed by atoms with E-state index < -0.39 is 10.8 Å². The normalized spacial score (nSPS) is 15.9. The molecule has 3 aliphatic carbocycles. The van der Waals surface area contributed by atoms with Gasteiger partial charge < -0.3 is 9.47 Å². The lowest BCUT2D eigenvalue weighted by atomic mass is 9.66. The molecule has 0 amide bonds. The monoisotopic (exact) mass is 920 g/mol. The molecule has 11 aromatic rings. The maximum Gasteiger partial charge on any atom is 0.161 e. The predicted molar refractivity (Wildman–Crippen MR) is 287 cm³/mol. The van der Waals surface area contributed by atoms with Gasteiger partial charge >= 0.3 is 0 Å². The third kappa shape index (κ3) is 5.06. The molecule has 0 fully saturated rings. The Bertz CT molecular complexity index is 3860. The van der Waals surface area contributed by atoms with Gasteiger partial charge in [0.05, 0.1) is 22.2 Å². The first-order chi connectivity index (χ1) is 35.6. The van der Waals surface area contributed by atoms with Crippen molar-refractivity contribution < 1.29 is 9.47 Å². The number of nitrogens with zero attached hydrogens (tertiary/aromatic N) is 2. The number of fused-ring (bicyclic) bond motifs is 18. The highest BCUT2D eigenvalue weighted by Gasteiger charge is 2.53. The van der Waals surface area contributed by atoms with Gasteiger partial charge in [0.15, 0.2) is 5.82 Å². The van der Waals surface area contributed by atoms with Gasteiger partial charge in [-0.3, -0.25) is 0 Å². The van der Waals surface area contributed by atoms with Gasteiger partial charge in [0, 0.05) is 38.9 Å². The molecule has 1 unspecified atom stereocenters. The minimum Gasteiger partial charge on any atom is -0.457 e. The molecule has 4 nitrogen and oxygen atoms in total. The van der Waals surface area contributed by atoms with Crippen LogP contribution in [0.1, 0.15) is 74.9 Å². The van der Waals surface area contributed by atoms with Crippen molar-refractivity contribution in [3.05, 3.63) is 274 Å². The molecule has 2 spiro atoms. The first kappa shape index (κ1) is 39.9. The smallest absolute Gasteiger partial charge is 0.161 e. The maximum absolute atomic E-state index is 6.72. The van der Waals surface area contributed by atoms with Crippen LogP contribution in [0.15, 0.2) is 218 Å². The first-order valence-corrected chi connectivity index (χ1v) is 25.3. The molecule has 5 aliphatic rings. The lowest BCUT2D eigenvalue weighted by Crippen LogP contribution is -2.32. The van der Waals surface area contributed by atoms with E-state index in [1.54, 1.807) is 0 Å². The van der Waals surface area contributed by atoms with Gasteiger partial charge in [-0.15, -0.1) is 0 Å². The topological polar surface area (TPSA) is 44.2 Å². The van der Waals surface area contributed by atoms with Crippen LogP contribution < -0.4 is 9.47 Å². The molecule has 338 valence electrons. The Morgan fingerprint density at radius 3 is 1.42 bits per heavy atom. The van der Waals surface area contributed by atoms with E-state index >= 15 is 0 Å². The highest BCUT2D eigenvalue weighted by Crippen LogP contribution is 2.65. The lowest BCUT2D eigenvalue weighted by Gasteiger charge is -2.39. The summed E-state index contributed by atoms with van der Waals surface area (Å²) >= 11 is 0. The SMILES string of the molecule is CCC1Cc2cc(-c3cc(-c4cccc5c4-c4ccccc4C54c5ccccc5Oc5ccccc54)nc(-c4cccc5c4-c4ccccc4C54c5ccccc5Oc5ccccc54)n3)cc3cccc1c23. The summed E-state index contributed by atoms with van der Waals surface area (Å²) in [5.41, 5.74) is 20.7. The van der Waals surface area contributed by atoms with E-state index in [0.29, 0.717) is 11.7 Å². The Labute approximate surface area is 417 Å². The molecule has 0 saturated carbocycles. The van der Waals surface area contributed by atoms with Crippen molar-refractivity contribution in [2.24, 2.45) is 0 Å². The lowest BCUT2D eigenvalue weighted by molar-refractivity contribution is 0.436. The molecule has 3 heterocycles. The number of para-hydroxylation sites is 4. The van der Waals surface area contributed by atoms with Gasteiger partial charge in [-0.25, -0.2) is 9.97 Å². The molecule has 4 heteroatoms. The van der Waals surface area contributed by atoms with Crippen molar-refractivity contribution in [3.8, 4) is 79.2 Å². The molecule has 0 saturated heterocycles. The predicted octanol–water partition coefficient (Wildman–Crippen LogP) is 16.6. The van der Waals surface area contributed by atoms with Gasteiger partial charge in [-0.2, -0.15) is 0 Å². The van der Waals surface area contributed by atoms with Crippen LogP contribution in [-0.4, -0.2) is 9.97 Å². The highest BCUT2D eigenvalue weighted by atomic mass is 16.5. The Morgan fingerprint density at radius 1 is 0.417 bits per heavy atom. The molecule has 0 radical (unpaired) electrons. The minimum atomic E-state index is -0.627. The molecular formula is C68H44N2O2. The van der Waals surface area contributed by atoms with E-state index in [1.807, 2.05) is 0 Å². The van der Waals surface area contributed by atoms with Gasteiger partial charge in [0.2, 0.25) is 0 Å². The Kier molecular flexibility index (Phi) is 8.10. The van der Waals surface area contributed by atoms with E-state index in [2.05, 4.69) is 225 Å². The van der Waals surface area contributed by atoms with Crippen LogP contribution in [0.5, 0.6) is 23.0 Å². The second kappa shape index (κ2) is 14.6. The maximum atomic E-state index is 6.72. The van der Waals surface area contributed by atoms with Crippen LogP contribution in [0, 0.1) is 0 Å². The molecule has 0 N–H and O–H groups in total. The first-order valence-electron chi connectivity index (χ1n) is 25.3. The zero-order valence-electron chi connectivity index (χ0n) is 39.5. The van der Waals surface area contributed by atoms with E-state index in [4.69, 9.17) is 19.4 Å².